The number of phenols is 1. The zero-order chi connectivity index (χ0) is 20.6. The van der Waals surface area contributed by atoms with E-state index < -0.39 is 0 Å². The van der Waals surface area contributed by atoms with Gasteiger partial charge in [0.1, 0.15) is 12.4 Å². The lowest BCUT2D eigenvalue weighted by Crippen LogP contribution is -2.62. The summed E-state index contributed by atoms with van der Waals surface area (Å²) in [5, 5.41) is 13.7. The van der Waals surface area contributed by atoms with Gasteiger partial charge in [-0.3, -0.25) is 15.0 Å². The number of hydrogen-bond donors (Lipinski definition) is 2. The van der Waals surface area contributed by atoms with Crippen molar-refractivity contribution in [2.45, 2.75) is 50.6 Å². The van der Waals surface area contributed by atoms with Crippen molar-refractivity contribution in [3.05, 3.63) is 29.3 Å². The van der Waals surface area contributed by atoms with E-state index in [2.05, 4.69) is 24.1 Å². The Morgan fingerprint density at radius 3 is 2.86 bits per heavy atom. The normalized spacial score (nSPS) is 31.3. The van der Waals surface area contributed by atoms with Crippen LogP contribution in [0, 0.1) is 11.8 Å². The van der Waals surface area contributed by atoms with Gasteiger partial charge in [-0.2, -0.15) is 0 Å². The van der Waals surface area contributed by atoms with E-state index in [1.54, 1.807) is 13.2 Å². The molecule has 1 aromatic rings. The number of benzene rings is 1. The maximum Gasteiger partial charge on any atom is 0.320 e. The van der Waals surface area contributed by atoms with Gasteiger partial charge in [0.15, 0.2) is 0 Å². The van der Waals surface area contributed by atoms with Crippen LogP contribution in [0.1, 0.15) is 50.3 Å². The Morgan fingerprint density at radius 2 is 2.14 bits per heavy atom. The zero-order valence-corrected chi connectivity index (χ0v) is 17.8. The van der Waals surface area contributed by atoms with Crippen LogP contribution in [0.15, 0.2) is 18.2 Å². The Morgan fingerprint density at radius 1 is 1.34 bits per heavy atom. The lowest BCUT2D eigenvalue weighted by molar-refractivity contribution is -0.144. The summed E-state index contributed by atoms with van der Waals surface area (Å²) < 4.78 is 10.2. The third kappa shape index (κ3) is 4.03. The first kappa shape index (κ1) is 20.6. The molecular formula is C23H34N2O4. The second kappa shape index (κ2) is 8.25. The Hall–Kier alpha value is -1.63. The Kier molecular flexibility index (Phi) is 5.87. The zero-order valence-electron chi connectivity index (χ0n) is 17.8. The van der Waals surface area contributed by atoms with Crippen LogP contribution in [-0.2, 0) is 19.7 Å². The highest BCUT2D eigenvalue weighted by Crippen LogP contribution is 2.53. The van der Waals surface area contributed by atoms with Crippen molar-refractivity contribution in [2.24, 2.45) is 11.8 Å². The molecule has 0 aromatic heterocycles. The number of carbonyl (C=O) groups is 1. The summed E-state index contributed by atoms with van der Waals surface area (Å²) in [6, 6.07) is 6.12. The molecule has 1 saturated heterocycles. The minimum Gasteiger partial charge on any atom is -0.508 e. The van der Waals surface area contributed by atoms with Crippen molar-refractivity contribution in [2.75, 3.05) is 40.0 Å². The standard InChI is InChI=1S/C23H34N2O4/c1-15-22-21(24-13-20(27)29-11-10-28-3)18-7-6-17(26)12-19(18)23(15,2)8-9-25(22)14-16-4-5-16/h6-7,12,15-16,21-22,24,26H,4-5,8-11,13-14H2,1-3H3/t15-,21?,22-,23-/m0/s1. The highest BCUT2D eigenvalue weighted by atomic mass is 16.6. The number of esters is 1. The molecule has 2 fully saturated rings. The molecule has 2 bridgehead atoms. The molecule has 4 atom stereocenters. The topological polar surface area (TPSA) is 71.0 Å². The Labute approximate surface area is 173 Å². The lowest BCUT2D eigenvalue weighted by Gasteiger charge is -2.57. The number of carbonyl (C=O) groups excluding carboxylic acids is 1. The molecule has 2 aliphatic carbocycles. The quantitative estimate of drug-likeness (QED) is 0.515. The van der Waals surface area contributed by atoms with Crippen molar-refractivity contribution in [3.8, 4) is 5.75 Å². The second-order valence-corrected chi connectivity index (χ2v) is 9.23. The molecule has 3 aliphatic rings. The molecule has 1 saturated carbocycles. The van der Waals surface area contributed by atoms with E-state index in [0.717, 1.165) is 25.4 Å². The average molecular weight is 403 g/mol. The summed E-state index contributed by atoms with van der Waals surface area (Å²) in [5.41, 5.74) is 2.46. The van der Waals surface area contributed by atoms with Crippen LogP contribution >= 0.6 is 0 Å². The first-order chi connectivity index (χ1) is 13.9. The molecule has 1 unspecified atom stereocenters. The summed E-state index contributed by atoms with van der Waals surface area (Å²) in [6.07, 6.45) is 3.77. The molecule has 2 N–H and O–H groups in total. The molecule has 0 spiro atoms. The van der Waals surface area contributed by atoms with Crippen molar-refractivity contribution >= 4 is 5.97 Å². The first-order valence-corrected chi connectivity index (χ1v) is 10.9. The fourth-order valence-corrected chi connectivity index (χ4v) is 5.38. The van der Waals surface area contributed by atoms with E-state index in [1.807, 2.05) is 12.1 Å². The minimum atomic E-state index is -0.257. The fourth-order valence-electron chi connectivity index (χ4n) is 5.38. The second-order valence-electron chi connectivity index (χ2n) is 9.23. The molecule has 4 rings (SSSR count). The van der Waals surface area contributed by atoms with E-state index in [9.17, 15) is 9.90 Å². The lowest BCUT2D eigenvalue weighted by atomic mass is 9.57. The molecular weight excluding hydrogens is 368 g/mol. The number of nitrogens with zero attached hydrogens (tertiary/aromatic N) is 1. The van der Waals surface area contributed by atoms with Crippen LogP contribution in [-0.4, -0.2) is 62.0 Å². The molecule has 1 aromatic carbocycles. The number of aromatic hydroxyl groups is 1. The monoisotopic (exact) mass is 402 g/mol. The van der Waals surface area contributed by atoms with Crippen LogP contribution < -0.4 is 5.32 Å². The maximum absolute atomic E-state index is 12.2. The molecule has 6 heteroatoms. The van der Waals surface area contributed by atoms with Crippen LogP contribution in [0.2, 0.25) is 0 Å². The first-order valence-electron chi connectivity index (χ1n) is 10.9. The highest BCUT2D eigenvalue weighted by molar-refractivity contribution is 5.71. The number of ether oxygens (including phenoxy) is 2. The third-order valence-electron chi connectivity index (χ3n) is 7.39. The van der Waals surface area contributed by atoms with E-state index in [1.165, 1.54) is 24.0 Å². The maximum atomic E-state index is 12.2. The van der Waals surface area contributed by atoms with Crippen LogP contribution in [0.25, 0.3) is 0 Å². The van der Waals surface area contributed by atoms with E-state index in [0.29, 0.717) is 24.3 Å². The van der Waals surface area contributed by atoms with Crippen LogP contribution in [0.4, 0.5) is 0 Å². The fraction of sp³-hybridized carbons (Fsp3) is 0.696. The molecule has 1 heterocycles. The van der Waals surface area contributed by atoms with Gasteiger partial charge in [-0.25, -0.2) is 0 Å². The Balaban J connectivity index is 1.60. The number of phenolic OH excluding ortho intramolecular Hbond substituents is 1. The SMILES string of the molecule is COCCOC(=O)CNC1c2ccc(O)cc2[C@@]2(C)CCN(CC3CC3)[C@H]1[C@@H]2C. The summed E-state index contributed by atoms with van der Waals surface area (Å²) in [4.78, 5) is 14.9. The number of nitrogens with one attached hydrogen (secondary N) is 1. The largest absolute Gasteiger partial charge is 0.508 e. The van der Waals surface area contributed by atoms with Gasteiger partial charge in [-0.15, -0.1) is 0 Å². The number of hydrogen-bond acceptors (Lipinski definition) is 6. The van der Waals surface area contributed by atoms with E-state index in [-0.39, 0.29) is 30.6 Å². The minimum absolute atomic E-state index is 0.0376. The summed E-state index contributed by atoms with van der Waals surface area (Å²) in [7, 11) is 1.59. The highest BCUT2D eigenvalue weighted by Gasteiger charge is 2.53. The van der Waals surface area contributed by atoms with Gasteiger partial charge in [0.05, 0.1) is 13.2 Å². The van der Waals surface area contributed by atoms with E-state index in [4.69, 9.17) is 9.47 Å². The number of fused-ring (bicyclic) bond motifs is 4. The molecule has 0 radical (unpaired) electrons. The van der Waals surface area contributed by atoms with Gasteiger partial charge < -0.3 is 14.6 Å². The van der Waals surface area contributed by atoms with Crippen molar-refractivity contribution in [1.29, 1.82) is 0 Å². The van der Waals surface area contributed by atoms with E-state index >= 15 is 0 Å². The van der Waals surface area contributed by atoms with Crippen molar-refractivity contribution < 1.29 is 19.4 Å². The number of piperidine rings is 1. The summed E-state index contributed by atoms with van der Waals surface area (Å²) >= 11 is 0. The van der Waals surface area contributed by atoms with Gasteiger partial charge in [0, 0.05) is 25.7 Å². The van der Waals surface area contributed by atoms with Gasteiger partial charge in [-0.1, -0.05) is 19.9 Å². The van der Waals surface area contributed by atoms with Gasteiger partial charge in [0.25, 0.3) is 0 Å². The molecule has 29 heavy (non-hydrogen) atoms. The average Bonchev–Trinajstić information content (AvgIpc) is 3.51. The number of rotatable bonds is 8. The number of methoxy groups -OCH3 is 1. The van der Waals surface area contributed by atoms with Crippen molar-refractivity contribution in [3.63, 3.8) is 0 Å². The van der Waals surface area contributed by atoms with Gasteiger partial charge >= 0.3 is 5.97 Å². The molecule has 1 aliphatic heterocycles. The predicted molar refractivity (Wildman–Crippen MR) is 111 cm³/mol. The van der Waals surface area contributed by atoms with Crippen LogP contribution in [0.3, 0.4) is 0 Å². The van der Waals surface area contributed by atoms with Crippen molar-refractivity contribution in [1.82, 2.24) is 10.2 Å². The van der Waals surface area contributed by atoms with Gasteiger partial charge in [-0.05, 0) is 66.3 Å². The summed E-state index contributed by atoms with van der Waals surface area (Å²) in [6.45, 7) is 7.74. The predicted octanol–water partition coefficient (Wildman–Crippen LogP) is 2.60. The molecule has 6 nitrogen and oxygen atoms in total. The summed E-state index contributed by atoms with van der Waals surface area (Å²) in [5.74, 6) is 1.31. The third-order valence-corrected chi connectivity index (χ3v) is 7.39. The molecule has 0 amide bonds. The smallest absolute Gasteiger partial charge is 0.320 e. The van der Waals surface area contributed by atoms with Crippen LogP contribution in [0.5, 0.6) is 5.75 Å². The number of likely N-dealkylation sites (tertiary alicyclic amines) is 1. The molecule has 160 valence electrons. The van der Waals surface area contributed by atoms with Gasteiger partial charge in [0.2, 0.25) is 0 Å². The Bertz CT molecular complexity index is 750.